The number of benzene rings is 2. The van der Waals surface area contributed by atoms with E-state index in [-0.39, 0.29) is 30.7 Å². The number of nitrogens with zero attached hydrogens (tertiary/aromatic N) is 1. The van der Waals surface area contributed by atoms with Crippen molar-refractivity contribution >= 4 is 17.5 Å². The van der Waals surface area contributed by atoms with Crippen molar-refractivity contribution in [3.05, 3.63) is 64.9 Å². The molecule has 1 amide bonds. The molecule has 24 heavy (non-hydrogen) atoms. The third-order valence-electron chi connectivity index (χ3n) is 4.03. The second-order valence-electron chi connectivity index (χ2n) is 5.86. The Morgan fingerprint density at radius 2 is 1.92 bits per heavy atom. The smallest absolute Gasteiger partial charge is 0.226 e. The van der Waals surface area contributed by atoms with Crippen LogP contribution >= 0.6 is 11.6 Å². The molecule has 0 aromatic heterocycles. The van der Waals surface area contributed by atoms with Crippen LogP contribution in [0.25, 0.3) is 0 Å². The molecule has 0 N–H and O–H groups in total. The Hall–Kier alpha value is -2.07. The highest BCUT2D eigenvalue weighted by Crippen LogP contribution is 2.31. The first-order chi connectivity index (χ1) is 11.6. The van der Waals surface area contributed by atoms with Crippen molar-refractivity contribution in [3.63, 3.8) is 0 Å². The number of amides is 1. The quantitative estimate of drug-likeness (QED) is 0.741. The van der Waals surface area contributed by atoms with Crippen LogP contribution in [-0.4, -0.2) is 23.5 Å². The second-order valence-corrected chi connectivity index (χ2v) is 6.27. The van der Waals surface area contributed by atoms with Crippen LogP contribution in [0.15, 0.2) is 48.5 Å². The van der Waals surface area contributed by atoms with Crippen molar-refractivity contribution in [2.24, 2.45) is 0 Å². The summed E-state index contributed by atoms with van der Waals surface area (Å²) in [5, 5.41) is 0.356. The monoisotopic (exact) mass is 347 g/mol. The lowest BCUT2D eigenvalue weighted by atomic mass is 10.2. The molecule has 3 rings (SSSR count). The standard InChI is InChI=1S/C19H19ClFNO2/c20-17-7-4-8-18(21)16(17)13-22(14-9-10-14)19(23)11-12-24-15-5-2-1-3-6-15/h1-8,14H,9-13H2. The fourth-order valence-corrected chi connectivity index (χ4v) is 2.80. The van der Waals surface area contributed by atoms with E-state index >= 15 is 0 Å². The van der Waals surface area contributed by atoms with Crippen molar-refractivity contribution in [1.82, 2.24) is 4.90 Å². The Labute approximate surface area is 146 Å². The third-order valence-corrected chi connectivity index (χ3v) is 4.38. The van der Waals surface area contributed by atoms with Crippen LogP contribution < -0.4 is 4.74 Å². The number of ether oxygens (including phenoxy) is 1. The van der Waals surface area contributed by atoms with Gasteiger partial charge in [0.15, 0.2) is 0 Å². The minimum absolute atomic E-state index is 0.0345. The van der Waals surface area contributed by atoms with E-state index in [0.29, 0.717) is 17.2 Å². The molecule has 3 nitrogen and oxygen atoms in total. The Bertz CT molecular complexity index is 684. The first kappa shape index (κ1) is 16.8. The van der Waals surface area contributed by atoms with E-state index in [1.165, 1.54) is 6.07 Å². The molecule has 1 saturated carbocycles. The molecule has 0 unspecified atom stereocenters. The summed E-state index contributed by atoms with van der Waals surface area (Å²) in [6, 6.07) is 14.1. The lowest BCUT2D eigenvalue weighted by Crippen LogP contribution is -2.33. The lowest BCUT2D eigenvalue weighted by Gasteiger charge is -2.23. The molecule has 1 aliphatic carbocycles. The van der Waals surface area contributed by atoms with Crippen molar-refractivity contribution in [3.8, 4) is 5.75 Å². The zero-order valence-electron chi connectivity index (χ0n) is 13.3. The SMILES string of the molecule is O=C(CCOc1ccccc1)N(Cc1c(F)cccc1Cl)C1CC1. The van der Waals surface area contributed by atoms with Crippen LogP contribution in [0.3, 0.4) is 0 Å². The van der Waals surface area contributed by atoms with Gasteiger partial charge in [-0.25, -0.2) is 4.39 Å². The molecule has 1 fully saturated rings. The van der Waals surface area contributed by atoms with E-state index in [4.69, 9.17) is 16.3 Å². The summed E-state index contributed by atoms with van der Waals surface area (Å²) in [6.45, 7) is 0.511. The molecule has 0 atom stereocenters. The van der Waals surface area contributed by atoms with E-state index in [0.717, 1.165) is 18.6 Å². The van der Waals surface area contributed by atoms with Gasteiger partial charge in [0, 0.05) is 16.6 Å². The zero-order chi connectivity index (χ0) is 16.9. The van der Waals surface area contributed by atoms with Gasteiger partial charge in [-0.15, -0.1) is 0 Å². The lowest BCUT2D eigenvalue weighted by molar-refractivity contribution is -0.133. The fraction of sp³-hybridized carbons (Fsp3) is 0.316. The van der Waals surface area contributed by atoms with E-state index < -0.39 is 0 Å². The first-order valence-corrected chi connectivity index (χ1v) is 8.43. The van der Waals surface area contributed by atoms with Crippen LogP contribution in [-0.2, 0) is 11.3 Å². The number of carbonyl (C=O) groups excluding carboxylic acids is 1. The molecule has 0 saturated heterocycles. The molecule has 0 heterocycles. The van der Waals surface area contributed by atoms with Crippen molar-refractivity contribution in [1.29, 1.82) is 0 Å². The van der Waals surface area contributed by atoms with Gasteiger partial charge < -0.3 is 9.64 Å². The first-order valence-electron chi connectivity index (χ1n) is 8.05. The summed E-state index contributed by atoms with van der Waals surface area (Å²) in [5.41, 5.74) is 0.378. The van der Waals surface area contributed by atoms with Crippen molar-refractivity contribution in [2.75, 3.05) is 6.61 Å². The Balaban J connectivity index is 1.60. The largest absolute Gasteiger partial charge is 0.493 e. The Kier molecular flexibility index (Phi) is 5.36. The van der Waals surface area contributed by atoms with E-state index in [2.05, 4.69) is 0 Å². The number of hydrogen-bond acceptors (Lipinski definition) is 2. The van der Waals surface area contributed by atoms with Crippen LogP contribution in [0.4, 0.5) is 4.39 Å². The number of hydrogen-bond donors (Lipinski definition) is 0. The van der Waals surface area contributed by atoms with Gasteiger partial charge in [-0.3, -0.25) is 4.79 Å². The Morgan fingerprint density at radius 1 is 1.17 bits per heavy atom. The third kappa shape index (κ3) is 4.26. The van der Waals surface area contributed by atoms with Crippen LogP contribution in [0.1, 0.15) is 24.8 Å². The summed E-state index contributed by atoms with van der Waals surface area (Å²) in [6.07, 6.45) is 2.17. The topological polar surface area (TPSA) is 29.5 Å². The maximum Gasteiger partial charge on any atom is 0.226 e. The molecule has 0 spiro atoms. The maximum absolute atomic E-state index is 14.0. The summed E-state index contributed by atoms with van der Waals surface area (Å²) < 4.78 is 19.6. The minimum Gasteiger partial charge on any atom is -0.493 e. The van der Waals surface area contributed by atoms with E-state index in [1.807, 2.05) is 30.3 Å². The van der Waals surface area contributed by atoms with Gasteiger partial charge in [-0.05, 0) is 37.1 Å². The molecule has 5 heteroatoms. The predicted octanol–water partition coefficient (Wildman–Crippen LogP) is 4.44. The fourth-order valence-electron chi connectivity index (χ4n) is 2.58. The highest BCUT2D eigenvalue weighted by Gasteiger charge is 2.33. The predicted molar refractivity (Wildman–Crippen MR) is 91.5 cm³/mol. The van der Waals surface area contributed by atoms with Gasteiger partial charge in [0.25, 0.3) is 0 Å². The van der Waals surface area contributed by atoms with Crippen molar-refractivity contribution < 1.29 is 13.9 Å². The number of carbonyl (C=O) groups is 1. The molecule has 2 aromatic rings. The Morgan fingerprint density at radius 3 is 2.58 bits per heavy atom. The maximum atomic E-state index is 14.0. The summed E-state index contributed by atoms with van der Waals surface area (Å²) >= 11 is 6.09. The van der Waals surface area contributed by atoms with Crippen molar-refractivity contribution in [2.45, 2.75) is 31.8 Å². The normalized spacial score (nSPS) is 13.6. The van der Waals surface area contributed by atoms with Gasteiger partial charge in [-0.2, -0.15) is 0 Å². The minimum atomic E-state index is -0.374. The molecule has 0 bridgehead atoms. The number of rotatable bonds is 7. The zero-order valence-corrected chi connectivity index (χ0v) is 14.0. The van der Waals surface area contributed by atoms with Gasteiger partial charge in [0.05, 0.1) is 19.6 Å². The number of halogens is 2. The summed E-state index contributed by atoms with van der Waals surface area (Å²) in [7, 11) is 0. The average Bonchev–Trinajstić information content (AvgIpc) is 3.40. The van der Waals surface area contributed by atoms with Gasteiger partial charge >= 0.3 is 0 Å². The highest BCUT2D eigenvalue weighted by molar-refractivity contribution is 6.31. The summed E-state index contributed by atoms with van der Waals surface area (Å²) in [4.78, 5) is 14.2. The molecular weight excluding hydrogens is 329 g/mol. The molecule has 0 aliphatic heterocycles. The molecular formula is C19H19ClFNO2. The number of para-hydroxylation sites is 1. The van der Waals surface area contributed by atoms with Gasteiger partial charge in [0.1, 0.15) is 11.6 Å². The van der Waals surface area contributed by atoms with E-state index in [9.17, 15) is 9.18 Å². The second kappa shape index (κ2) is 7.67. The summed E-state index contributed by atoms with van der Waals surface area (Å²) in [5.74, 6) is 0.328. The van der Waals surface area contributed by atoms with Crippen LogP contribution in [0.5, 0.6) is 5.75 Å². The van der Waals surface area contributed by atoms with Crippen LogP contribution in [0.2, 0.25) is 5.02 Å². The highest BCUT2D eigenvalue weighted by atomic mass is 35.5. The average molecular weight is 348 g/mol. The molecule has 126 valence electrons. The van der Waals surface area contributed by atoms with E-state index in [1.54, 1.807) is 17.0 Å². The van der Waals surface area contributed by atoms with Gasteiger partial charge in [-0.1, -0.05) is 35.9 Å². The van der Waals surface area contributed by atoms with Gasteiger partial charge in [0.2, 0.25) is 5.91 Å². The molecule has 2 aromatic carbocycles. The van der Waals surface area contributed by atoms with Crippen LogP contribution in [0, 0.1) is 5.82 Å². The molecule has 0 radical (unpaired) electrons. The molecule has 1 aliphatic rings.